The summed E-state index contributed by atoms with van der Waals surface area (Å²) >= 11 is 3.41. The standard InChI is InChI=1S/C20H27BrN4O4S/c1-14-9-25(15(2)12-26)30(27,28)20-5-4-17(21)6-18(20)29-19(14)11-24(3)10-16-7-22-13-23-8-16/h4-8,13-15,19,26H,9-12H2,1-3H3/t14-,15-,19-/m0/s1. The van der Waals surface area contributed by atoms with Gasteiger partial charge in [-0.2, -0.15) is 4.31 Å². The molecule has 0 saturated heterocycles. The Morgan fingerprint density at radius 1 is 1.37 bits per heavy atom. The summed E-state index contributed by atoms with van der Waals surface area (Å²) in [5.41, 5.74) is 0.986. The zero-order chi connectivity index (χ0) is 21.9. The molecular formula is C20H27BrN4O4S. The number of aliphatic hydroxyl groups excluding tert-OH is 1. The average molecular weight is 499 g/mol. The first kappa shape index (κ1) is 23.1. The minimum Gasteiger partial charge on any atom is -0.487 e. The van der Waals surface area contributed by atoms with E-state index in [1.54, 1.807) is 37.5 Å². The van der Waals surface area contributed by atoms with E-state index < -0.39 is 16.1 Å². The topological polar surface area (TPSA) is 95.9 Å². The molecule has 0 spiro atoms. The van der Waals surface area contributed by atoms with Crippen molar-refractivity contribution in [2.24, 2.45) is 5.92 Å². The lowest BCUT2D eigenvalue weighted by Gasteiger charge is -2.37. The van der Waals surface area contributed by atoms with Gasteiger partial charge in [0.05, 0.1) is 6.61 Å². The van der Waals surface area contributed by atoms with Crippen LogP contribution in [0.2, 0.25) is 0 Å². The molecule has 0 amide bonds. The molecule has 0 fully saturated rings. The third-order valence-electron chi connectivity index (χ3n) is 5.19. The Morgan fingerprint density at radius 2 is 2.07 bits per heavy atom. The maximum atomic E-state index is 13.3. The first-order valence-electron chi connectivity index (χ1n) is 9.73. The molecule has 30 heavy (non-hydrogen) atoms. The van der Waals surface area contributed by atoms with Crippen LogP contribution in [0.15, 0.2) is 46.3 Å². The summed E-state index contributed by atoms with van der Waals surface area (Å²) < 4.78 is 35.0. The lowest BCUT2D eigenvalue weighted by molar-refractivity contribution is 0.0732. The van der Waals surface area contributed by atoms with E-state index in [4.69, 9.17) is 4.74 Å². The Kier molecular flexibility index (Phi) is 7.46. The van der Waals surface area contributed by atoms with Gasteiger partial charge in [0.2, 0.25) is 10.0 Å². The van der Waals surface area contributed by atoms with Crippen molar-refractivity contribution in [1.82, 2.24) is 19.2 Å². The van der Waals surface area contributed by atoms with Crippen LogP contribution in [0.5, 0.6) is 5.75 Å². The second-order valence-corrected chi connectivity index (χ2v) is 10.5. The molecule has 0 unspecified atom stereocenters. The predicted octanol–water partition coefficient (Wildman–Crippen LogP) is 2.14. The van der Waals surface area contributed by atoms with Crippen LogP contribution in [0, 0.1) is 5.92 Å². The fourth-order valence-electron chi connectivity index (χ4n) is 3.51. The number of sulfonamides is 1. The summed E-state index contributed by atoms with van der Waals surface area (Å²) in [6.07, 6.45) is 4.79. The Hall–Kier alpha value is -1.59. The number of aliphatic hydroxyl groups is 1. The number of benzene rings is 1. The van der Waals surface area contributed by atoms with Gasteiger partial charge in [0.15, 0.2) is 0 Å². The number of ether oxygens (including phenoxy) is 1. The second kappa shape index (κ2) is 9.69. The lowest BCUT2D eigenvalue weighted by atomic mass is 10.0. The molecule has 1 aliphatic heterocycles. The van der Waals surface area contributed by atoms with Gasteiger partial charge < -0.3 is 9.84 Å². The normalized spacial score (nSPS) is 22.6. The first-order chi connectivity index (χ1) is 14.2. The van der Waals surface area contributed by atoms with Gasteiger partial charge in [0, 0.05) is 54.0 Å². The zero-order valence-electron chi connectivity index (χ0n) is 17.3. The van der Waals surface area contributed by atoms with Crippen LogP contribution in [0.3, 0.4) is 0 Å². The highest BCUT2D eigenvalue weighted by Crippen LogP contribution is 2.35. The number of likely N-dealkylation sites (N-methyl/N-ethyl adjacent to an activating group) is 1. The van der Waals surface area contributed by atoms with Crippen molar-refractivity contribution in [3.63, 3.8) is 0 Å². The number of rotatable bonds is 6. The van der Waals surface area contributed by atoms with Crippen molar-refractivity contribution in [2.75, 3.05) is 26.7 Å². The number of aromatic nitrogens is 2. The fourth-order valence-corrected chi connectivity index (χ4v) is 5.68. The molecule has 1 aromatic heterocycles. The second-order valence-electron chi connectivity index (χ2n) is 7.77. The molecule has 2 aromatic rings. The summed E-state index contributed by atoms with van der Waals surface area (Å²) in [7, 11) is -1.83. The van der Waals surface area contributed by atoms with E-state index in [0.717, 1.165) is 10.0 Å². The average Bonchev–Trinajstić information content (AvgIpc) is 2.70. The largest absolute Gasteiger partial charge is 0.487 e. The number of nitrogens with zero attached hydrogens (tertiary/aromatic N) is 4. The zero-order valence-corrected chi connectivity index (χ0v) is 19.7. The van der Waals surface area contributed by atoms with Crippen molar-refractivity contribution in [2.45, 2.75) is 37.4 Å². The van der Waals surface area contributed by atoms with Crippen LogP contribution in [0.25, 0.3) is 0 Å². The monoisotopic (exact) mass is 498 g/mol. The minimum absolute atomic E-state index is 0.102. The summed E-state index contributed by atoms with van der Waals surface area (Å²) in [6, 6.07) is 4.38. The number of halogens is 1. The SMILES string of the molecule is C[C@H]1CN([C@@H](C)CO)S(=O)(=O)c2ccc(Br)cc2O[C@H]1CN(C)Cc1cncnc1. The molecule has 0 radical (unpaired) electrons. The summed E-state index contributed by atoms with van der Waals surface area (Å²) in [6.45, 7) is 4.92. The fraction of sp³-hybridized carbons (Fsp3) is 0.500. The van der Waals surface area contributed by atoms with E-state index in [9.17, 15) is 13.5 Å². The maximum absolute atomic E-state index is 13.3. The smallest absolute Gasteiger partial charge is 0.247 e. The van der Waals surface area contributed by atoms with Gasteiger partial charge >= 0.3 is 0 Å². The van der Waals surface area contributed by atoms with Crippen molar-refractivity contribution >= 4 is 26.0 Å². The molecule has 0 aliphatic carbocycles. The molecule has 164 valence electrons. The number of hydrogen-bond acceptors (Lipinski definition) is 7. The third kappa shape index (κ3) is 5.17. The van der Waals surface area contributed by atoms with Gasteiger partial charge in [0.25, 0.3) is 0 Å². The predicted molar refractivity (Wildman–Crippen MR) is 117 cm³/mol. The quantitative estimate of drug-likeness (QED) is 0.651. The summed E-state index contributed by atoms with van der Waals surface area (Å²) in [5, 5.41) is 9.67. The minimum atomic E-state index is -3.81. The van der Waals surface area contributed by atoms with Gasteiger partial charge in [-0.3, -0.25) is 4.90 Å². The lowest BCUT2D eigenvalue weighted by Crippen LogP contribution is -2.49. The summed E-state index contributed by atoms with van der Waals surface area (Å²) in [4.78, 5) is 10.3. The third-order valence-corrected chi connectivity index (χ3v) is 7.70. The summed E-state index contributed by atoms with van der Waals surface area (Å²) in [5.74, 6) is 0.211. The molecule has 10 heteroatoms. The molecule has 3 atom stereocenters. The molecule has 1 aliphatic rings. The number of fused-ring (bicyclic) bond motifs is 1. The van der Waals surface area contributed by atoms with Gasteiger partial charge in [-0.15, -0.1) is 0 Å². The van der Waals surface area contributed by atoms with Crippen LogP contribution in [0.1, 0.15) is 19.4 Å². The van der Waals surface area contributed by atoms with Crippen molar-refractivity contribution < 1.29 is 18.3 Å². The van der Waals surface area contributed by atoms with Crippen LogP contribution in [0.4, 0.5) is 0 Å². The van der Waals surface area contributed by atoms with Crippen LogP contribution >= 0.6 is 15.9 Å². The maximum Gasteiger partial charge on any atom is 0.247 e. The first-order valence-corrected chi connectivity index (χ1v) is 12.0. The van der Waals surface area contributed by atoms with Gasteiger partial charge in [0.1, 0.15) is 23.1 Å². The van der Waals surface area contributed by atoms with Crippen molar-refractivity contribution in [1.29, 1.82) is 0 Å². The van der Waals surface area contributed by atoms with E-state index in [-0.39, 0.29) is 30.1 Å². The van der Waals surface area contributed by atoms with Gasteiger partial charge in [-0.05, 0) is 32.2 Å². The van der Waals surface area contributed by atoms with E-state index in [1.807, 2.05) is 14.0 Å². The molecule has 0 saturated carbocycles. The van der Waals surface area contributed by atoms with Gasteiger partial charge in [-0.25, -0.2) is 18.4 Å². The Labute approximate surface area is 186 Å². The highest BCUT2D eigenvalue weighted by atomic mass is 79.9. The molecule has 1 N–H and O–H groups in total. The Morgan fingerprint density at radius 3 is 2.73 bits per heavy atom. The van der Waals surface area contributed by atoms with Gasteiger partial charge in [-0.1, -0.05) is 22.9 Å². The van der Waals surface area contributed by atoms with E-state index in [1.165, 1.54) is 10.6 Å². The van der Waals surface area contributed by atoms with Crippen LogP contribution < -0.4 is 4.74 Å². The molecule has 8 nitrogen and oxygen atoms in total. The van der Waals surface area contributed by atoms with Crippen molar-refractivity contribution in [3.8, 4) is 5.75 Å². The van der Waals surface area contributed by atoms with Crippen LogP contribution in [-0.4, -0.2) is 71.6 Å². The van der Waals surface area contributed by atoms with Crippen LogP contribution in [-0.2, 0) is 16.6 Å². The van der Waals surface area contributed by atoms with E-state index >= 15 is 0 Å². The molecule has 0 bridgehead atoms. The Bertz CT molecular complexity index is 961. The molecule has 2 heterocycles. The molecule has 1 aromatic carbocycles. The Balaban J connectivity index is 1.92. The molecular weight excluding hydrogens is 472 g/mol. The van der Waals surface area contributed by atoms with E-state index in [2.05, 4.69) is 30.8 Å². The van der Waals surface area contributed by atoms with Crippen molar-refractivity contribution in [3.05, 3.63) is 47.0 Å². The molecule has 3 rings (SSSR count). The highest BCUT2D eigenvalue weighted by Gasteiger charge is 2.38. The highest BCUT2D eigenvalue weighted by molar-refractivity contribution is 9.10. The number of hydrogen-bond donors (Lipinski definition) is 1. The van der Waals surface area contributed by atoms with E-state index in [0.29, 0.717) is 18.8 Å².